The number of rotatable bonds is 1. The van der Waals surface area contributed by atoms with Crippen LogP contribution < -0.4 is 0 Å². The van der Waals surface area contributed by atoms with Crippen molar-refractivity contribution in [1.82, 2.24) is 0 Å². The third kappa shape index (κ3) is 2.13. The van der Waals surface area contributed by atoms with Gasteiger partial charge < -0.3 is 15.3 Å². The molecule has 0 aromatic rings. The van der Waals surface area contributed by atoms with Gasteiger partial charge in [0.05, 0.1) is 12.2 Å². The molecule has 0 unspecified atom stereocenters. The molecule has 0 amide bonds. The third-order valence-corrected chi connectivity index (χ3v) is 7.43. The molecule has 0 heterocycles. The van der Waals surface area contributed by atoms with E-state index in [1.165, 1.54) is 0 Å². The Morgan fingerprint density at radius 2 is 1.83 bits per heavy atom. The summed E-state index contributed by atoms with van der Waals surface area (Å²) in [4.78, 5) is 0. The van der Waals surface area contributed by atoms with Crippen LogP contribution in [-0.2, 0) is 0 Å². The van der Waals surface area contributed by atoms with Crippen LogP contribution in [0.5, 0.6) is 0 Å². The molecule has 2 saturated carbocycles. The Morgan fingerprint density at radius 3 is 2.43 bits per heavy atom. The quantitative estimate of drug-likeness (QED) is 0.650. The average molecular weight is 320 g/mol. The van der Waals surface area contributed by atoms with E-state index in [1.54, 1.807) is 0 Å². The minimum absolute atomic E-state index is 0.0636. The van der Waals surface area contributed by atoms with Crippen molar-refractivity contribution < 1.29 is 15.3 Å². The summed E-state index contributed by atoms with van der Waals surface area (Å²) in [6, 6.07) is 0. The molecule has 3 rings (SSSR count). The Labute approximate surface area is 140 Å². The van der Waals surface area contributed by atoms with Gasteiger partial charge in [-0.2, -0.15) is 0 Å². The number of aliphatic hydroxyl groups is 3. The van der Waals surface area contributed by atoms with Crippen LogP contribution in [0.25, 0.3) is 0 Å². The monoisotopic (exact) mass is 320 g/mol. The minimum Gasteiger partial charge on any atom is -0.390 e. The normalized spacial score (nSPS) is 52.1. The summed E-state index contributed by atoms with van der Waals surface area (Å²) in [7, 11) is 0. The van der Waals surface area contributed by atoms with E-state index in [4.69, 9.17) is 0 Å². The Kier molecular flexibility index (Phi) is 3.69. The van der Waals surface area contributed by atoms with Gasteiger partial charge in [0, 0.05) is 10.8 Å². The molecule has 3 nitrogen and oxygen atoms in total. The van der Waals surface area contributed by atoms with Gasteiger partial charge in [0.15, 0.2) is 0 Å². The van der Waals surface area contributed by atoms with Gasteiger partial charge >= 0.3 is 0 Å². The van der Waals surface area contributed by atoms with Crippen LogP contribution in [-0.4, -0.2) is 33.1 Å². The molecule has 3 heteroatoms. The van der Waals surface area contributed by atoms with Crippen molar-refractivity contribution in [2.75, 3.05) is 0 Å². The molecule has 0 saturated heterocycles. The van der Waals surface area contributed by atoms with Gasteiger partial charge in [-0.3, -0.25) is 0 Å². The van der Waals surface area contributed by atoms with Crippen LogP contribution in [0.4, 0.5) is 0 Å². The Morgan fingerprint density at radius 1 is 1.17 bits per heavy atom. The molecule has 2 fully saturated rings. The predicted octanol–water partition coefficient (Wildman–Crippen LogP) is 3.20. The highest BCUT2D eigenvalue weighted by Gasteiger charge is 2.66. The summed E-state index contributed by atoms with van der Waals surface area (Å²) in [6.45, 7) is 12.5. The zero-order valence-electron chi connectivity index (χ0n) is 15.0. The van der Waals surface area contributed by atoms with E-state index in [0.717, 1.165) is 19.3 Å². The van der Waals surface area contributed by atoms with Gasteiger partial charge in [0.2, 0.25) is 0 Å². The zero-order chi connectivity index (χ0) is 17.3. The number of fused-ring (bicyclic) bond motifs is 3. The van der Waals surface area contributed by atoms with Crippen LogP contribution in [0, 0.1) is 22.2 Å². The highest BCUT2D eigenvalue weighted by molar-refractivity contribution is 5.39. The predicted molar refractivity (Wildman–Crippen MR) is 91.8 cm³/mol. The molecule has 0 aliphatic heterocycles. The van der Waals surface area contributed by atoms with Gasteiger partial charge in [-0.15, -0.1) is 6.58 Å². The molecule has 3 N–H and O–H groups in total. The van der Waals surface area contributed by atoms with Crippen molar-refractivity contribution in [2.24, 2.45) is 22.2 Å². The Hall–Kier alpha value is -0.640. The largest absolute Gasteiger partial charge is 0.390 e. The van der Waals surface area contributed by atoms with E-state index < -0.39 is 23.2 Å². The standard InChI is InChI=1S/C20H32O3/c1-6-18(4)11-13-14(21)10-15-17(2,3)8-7-9-19(15,5)20(13,23)16(22)12-18/h6,11,14-16,21-23H,1,7-10,12H2,2-5H3/t14-,15-,16+,18+,19-,20-/m0/s1. The van der Waals surface area contributed by atoms with E-state index in [2.05, 4.69) is 27.4 Å². The summed E-state index contributed by atoms with van der Waals surface area (Å²) in [5, 5.41) is 33.5. The number of hydrogen-bond donors (Lipinski definition) is 3. The first-order chi connectivity index (χ1) is 10.5. The number of allylic oxidation sites excluding steroid dienone is 2. The maximum Gasteiger partial charge on any atom is 0.120 e. The lowest BCUT2D eigenvalue weighted by molar-refractivity contribution is -0.221. The second-order valence-electron chi connectivity index (χ2n) is 9.36. The van der Waals surface area contributed by atoms with E-state index in [9.17, 15) is 15.3 Å². The van der Waals surface area contributed by atoms with E-state index in [0.29, 0.717) is 18.4 Å². The second-order valence-corrected chi connectivity index (χ2v) is 9.36. The Bertz CT molecular complexity index is 551. The summed E-state index contributed by atoms with van der Waals surface area (Å²) in [5.41, 5.74) is -1.43. The highest BCUT2D eigenvalue weighted by Crippen LogP contribution is 2.65. The van der Waals surface area contributed by atoms with E-state index in [1.807, 2.05) is 19.1 Å². The van der Waals surface area contributed by atoms with Crippen molar-refractivity contribution in [1.29, 1.82) is 0 Å². The van der Waals surface area contributed by atoms with Crippen molar-refractivity contribution in [3.8, 4) is 0 Å². The van der Waals surface area contributed by atoms with E-state index in [-0.39, 0.29) is 16.7 Å². The second kappa shape index (κ2) is 4.93. The molecule has 130 valence electrons. The van der Waals surface area contributed by atoms with Crippen LogP contribution in [0.1, 0.15) is 59.8 Å². The summed E-state index contributed by atoms with van der Waals surface area (Å²) >= 11 is 0. The SMILES string of the molecule is C=C[C@]1(C)C=C2[C@@H](O)C[C@H]3C(C)(C)CCC[C@]3(C)[C@@]2(O)[C@H](O)C1. The molecular formula is C20H32O3. The first kappa shape index (κ1) is 17.2. The van der Waals surface area contributed by atoms with Crippen molar-refractivity contribution in [3.63, 3.8) is 0 Å². The molecular weight excluding hydrogens is 288 g/mol. The van der Waals surface area contributed by atoms with Crippen LogP contribution >= 0.6 is 0 Å². The lowest BCUT2D eigenvalue weighted by atomic mass is 9.42. The Balaban J connectivity index is 2.18. The molecule has 0 radical (unpaired) electrons. The van der Waals surface area contributed by atoms with Gasteiger partial charge in [-0.25, -0.2) is 0 Å². The molecule has 0 aromatic carbocycles. The maximum atomic E-state index is 11.7. The lowest BCUT2D eigenvalue weighted by Gasteiger charge is -2.65. The van der Waals surface area contributed by atoms with Gasteiger partial charge in [0.1, 0.15) is 5.60 Å². The third-order valence-electron chi connectivity index (χ3n) is 7.43. The van der Waals surface area contributed by atoms with Crippen LogP contribution in [0.2, 0.25) is 0 Å². The first-order valence-corrected chi connectivity index (χ1v) is 8.95. The maximum absolute atomic E-state index is 11.7. The van der Waals surface area contributed by atoms with Gasteiger partial charge in [-0.05, 0) is 42.6 Å². The van der Waals surface area contributed by atoms with Gasteiger partial charge in [0.25, 0.3) is 0 Å². The van der Waals surface area contributed by atoms with Gasteiger partial charge in [-0.1, -0.05) is 46.3 Å². The molecule has 3 aliphatic carbocycles. The van der Waals surface area contributed by atoms with Crippen molar-refractivity contribution >= 4 is 0 Å². The smallest absolute Gasteiger partial charge is 0.120 e. The van der Waals surface area contributed by atoms with Crippen LogP contribution in [0.15, 0.2) is 24.3 Å². The fourth-order valence-corrected chi connectivity index (χ4v) is 5.99. The molecule has 0 bridgehead atoms. The highest BCUT2D eigenvalue weighted by atomic mass is 16.3. The molecule has 0 aromatic heterocycles. The van der Waals surface area contributed by atoms with E-state index >= 15 is 0 Å². The fraction of sp³-hybridized carbons (Fsp3) is 0.800. The zero-order valence-corrected chi connectivity index (χ0v) is 15.0. The first-order valence-electron chi connectivity index (χ1n) is 8.95. The number of hydrogen-bond acceptors (Lipinski definition) is 3. The minimum atomic E-state index is -1.34. The molecule has 0 spiro atoms. The summed E-state index contributed by atoms with van der Waals surface area (Å²) in [5.74, 6) is 0.198. The molecule has 3 aliphatic rings. The number of aliphatic hydroxyl groups excluding tert-OH is 2. The summed E-state index contributed by atoms with van der Waals surface area (Å²) < 4.78 is 0. The van der Waals surface area contributed by atoms with Crippen molar-refractivity contribution in [2.45, 2.75) is 77.6 Å². The van der Waals surface area contributed by atoms with Crippen LogP contribution in [0.3, 0.4) is 0 Å². The molecule has 6 atom stereocenters. The average Bonchev–Trinajstić information content (AvgIpc) is 2.45. The topological polar surface area (TPSA) is 60.7 Å². The van der Waals surface area contributed by atoms with Crippen molar-refractivity contribution in [3.05, 3.63) is 24.3 Å². The summed E-state index contributed by atoms with van der Waals surface area (Å²) in [6.07, 6.45) is 6.39. The fourth-order valence-electron chi connectivity index (χ4n) is 5.99. The lowest BCUT2D eigenvalue weighted by Crippen LogP contribution is -2.69. The molecule has 23 heavy (non-hydrogen) atoms.